The zero-order valence-electron chi connectivity index (χ0n) is 11.0. The van der Waals surface area contributed by atoms with Gasteiger partial charge in [-0.15, -0.1) is 12.4 Å². The Balaban J connectivity index is 0.00000200. The summed E-state index contributed by atoms with van der Waals surface area (Å²) in [5, 5.41) is 0. The monoisotopic (exact) mass is 384 g/mol. The van der Waals surface area contributed by atoms with Gasteiger partial charge in [-0.25, -0.2) is 13.1 Å². The van der Waals surface area contributed by atoms with Crippen molar-refractivity contribution in [3.05, 3.63) is 22.7 Å². The second-order valence-electron chi connectivity index (χ2n) is 4.63. The highest BCUT2D eigenvalue weighted by Gasteiger charge is 2.33. The molecule has 8 heteroatoms. The molecule has 0 radical (unpaired) electrons. The van der Waals surface area contributed by atoms with E-state index in [0.29, 0.717) is 22.7 Å². The molecule has 0 aliphatic heterocycles. The number of halogens is 2. The summed E-state index contributed by atoms with van der Waals surface area (Å²) in [6.45, 7) is 0.315. The van der Waals surface area contributed by atoms with Gasteiger partial charge in [0.05, 0.1) is 12.0 Å². The van der Waals surface area contributed by atoms with Crippen LogP contribution >= 0.6 is 28.3 Å². The Morgan fingerprint density at radius 3 is 2.60 bits per heavy atom. The molecule has 1 fully saturated rings. The molecule has 0 aromatic heterocycles. The van der Waals surface area contributed by atoms with Gasteiger partial charge >= 0.3 is 0 Å². The minimum atomic E-state index is -3.57. The van der Waals surface area contributed by atoms with Gasteiger partial charge in [-0.3, -0.25) is 0 Å². The van der Waals surface area contributed by atoms with Crippen molar-refractivity contribution in [1.29, 1.82) is 0 Å². The minimum Gasteiger partial charge on any atom is -0.497 e. The molecule has 3 N–H and O–H groups in total. The first-order valence-corrected chi connectivity index (χ1v) is 8.31. The molecule has 1 aliphatic rings. The second-order valence-corrected chi connectivity index (χ2v) is 7.26. The number of hydrogen-bond donors (Lipinski definition) is 2. The standard InChI is InChI=1S/C12H17BrN2O3S.ClH/c1-18-10-4-9(13)5-11(6-10)19(16,17)15-12(7-14)8-2-3-8;/h4-6,8,12,15H,2-3,7,14H2,1H3;1H. The maximum atomic E-state index is 12.3. The summed E-state index contributed by atoms with van der Waals surface area (Å²) >= 11 is 3.27. The first-order chi connectivity index (χ1) is 8.96. The van der Waals surface area contributed by atoms with Crippen molar-refractivity contribution in [2.75, 3.05) is 13.7 Å². The fourth-order valence-electron chi connectivity index (χ4n) is 1.91. The molecule has 1 aromatic rings. The summed E-state index contributed by atoms with van der Waals surface area (Å²) < 4.78 is 33.0. The van der Waals surface area contributed by atoms with Crippen LogP contribution in [0.5, 0.6) is 5.75 Å². The first-order valence-electron chi connectivity index (χ1n) is 6.03. The molecule has 1 atom stereocenters. The topological polar surface area (TPSA) is 81.4 Å². The molecular weight excluding hydrogens is 368 g/mol. The molecule has 1 saturated carbocycles. The van der Waals surface area contributed by atoms with Crippen molar-refractivity contribution >= 4 is 38.4 Å². The fraction of sp³-hybridized carbons (Fsp3) is 0.500. The molecule has 1 aliphatic carbocycles. The smallest absolute Gasteiger partial charge is 0.241 e. The Morgan fingerprint density at radius 1 is 1.45 bits per heavy atom. The molecule has 0 amide bonds. The van der Waals surface area contributed by atoms with Crippen molar-refractivity contribution in [2.45, 2.75) is 23.8 Å². The van der Waals surface area contributed by atoms with Crippen LogP contribution in [0.2, 0.25) is 0 Å². The number of benzene rings is 1. The van der Waals surface area contributed by atoms with Crippen LogP contribution in [0.25, 0.3) is 0 Å². The largest absolute Gasteiger partial charge is 0.497 e. The Labute approximate surface area is 133 Å². The highest BCUT2D eigenvalue weighted by molar-refractivity contribution is 9.10. The zero-order valence-corrected chi connectivity index (χ0v) is 14.2. The lowest BCUT2D eigenvalue weighted by Crippen LogP contribution is -2.41. The predicted molar refractivity (Wildman–Crippen MR) is 83.8 cm³/mol. The van der Waals surface area contributed by atoms with E-state index in [1.807, 2.05) is 0 Å². The summed E-state index contributed by atoms with van der Waals surface area (Å²) in [5.74, 6) is 0.860. The molecule has 1 aromatic carbocycles. The lowest BCUT2D eigenvalue weighted by atomic mass is 10.2. The third-order valence-corrected chi connectivity index (χ3v) is 5.07. The van der Waals surface area contributed by atoms with Crippen molar-refractivity contribution in [2.24, 2.45) is 11.7 Å². The summed E-state index contributed by atoms with van der Waals surface area (Å²) in [6.07, 6.45) is 2.07. The predicted octanol–water partition coefficient (Wildman–Crippen LogP) is 1.90. The van der Waals surface area contributed by atoms with Crippen molar-refractivity contribution in [1.82, 2.24) is 4.72 Å². The van der Waals surface area contributed by atoms with Crippen LogP contribution in [0.1, 0.15) is 12.8 Å². The van der Waals surface area contributed by atoms with E-state index in [2.05, 4.69) is 20.7 Å². The van der Waals surface area contributed by atoms with Gasteiger partial charge in [0.15, 0.2) is 0 Å². The number of methoxy groups -OCH3 is 1. The van der Waals surface area contributed by atoms with Crippen LogP contribution in [0.4, 0.5) is 0 Å². The summed E-state index contributed by atoms with van der Waals surface area (Å²) in [4.78, 5) is 0.179. The van der Waals surface area contributed by atoms with Crippen LogP contribution < -0.4 is 15.2 Å². The third kappa shape index (κ3) is 4.33. The SMILES string of the molecule is COc1cc(Br)cc(S(=O)(=O)NC(CN)C2CC2)c1.Cl. The fourth-order valence-corrected chi connectivity index (χ4v) is 3.91. The number of ether oxygens (including phenoxy) is 1. The van der Waals surface area contributed by atoms with E-state index in [9.17, 15) is 8.42 Å². The normalized spacial score (nSPS) is 16.4. The molecule has 114 valence electrons. The molecule has 5 nitrogen and oxygen atoms in total. The average molecular weight is 386 g/mol. The molecule has 2 rings (SSSR count). The molecular formula is C12H18BrClN2O3S. The first kappa shape index (κ1) is 17.7. The number of rotatable bonds is 6. The Kier molecular flexibility index (Phi) is 6.27. The van der Waals surface area contributed by atoms with E-state index in [1.54, 1.807) is 12.1 Å². The van der Waals surface area contributed by atoms with Gasteiger partial charge in [-0.1, -0.05) is 15.9 Å². The van der Waals surface area contributed by atoms with Crippen molar-refractivity contribution in [3.8, 4) is 5.75 Å². The van der Waals surface area contributed by atoms with E-state index >= 15 is 0 Å². The number of nitrogens with two attached hydrogens (primary N) is 1. The highest BCUT2D eigenvalue weighted by atomic mass is 79.9. The van der Waals surface area contributed by atoms with Gasteiger partial charge in [0.2, 0.25) is 10.0 Å². The van der Waals surface area contributed by atoms with Crippen molar-refractivity contribution < 1.29 is 13.2 Å². The van der Waals surface area contributed by atoms with Crippen LogP contribution in [0.15, 0.2) is 27.6 Å². The Hall–Kier alpha value is -0.340. The lowest BCUT2D eigenvalue weighted by molar-refractivity contribution is 0.413. The summed E-state index contributed by atoms with van der Waals surface area (Å²) in [5.41, 5.74) is 5.62. The lowest BCUT2D eigenvalue weighted by Gasteiger charge is -2.16. The maximum Gasteiger partial charge on any atom is 0.241 e. The third-order valence-electron chi connectivity index (χ3n) is 3.14. The minimum absolute atomic E-state index is 0. The number of sulfonamides is 1. The second kappa shape index (κ2) is 7.09. The van der Waals surface area contributed by atoms with E-state index < -0.39 is 10.0 Å². The molecule has 20 heavy (non-hydrogen) atoms. The number of hydrogen-bond acceptors (Lipinski definition) is 4. The molecule has 1 unspecified atom stereocenters. The van der Waals surface area contributed by atoms with Crippen LogP contribution in [-0.4, -0.2) is 28.1 Å². The maximum absolute atomic E-state index is 12.3. The van der Waals surface area contributed by atoms with Gasteiger partial charge < -0.3 is 10.5 Å². The van der Waals surface area contributed by atoms with Gasteiger partial charge in [0, 0.05) is 23.1 Å². The van der Waals surface area contributed by atoms with Gasteiger partial charge in [-0.2, -0.15) is 0 Å². The average Bonchev–Trinajstić information content (AvgIpc) is 3.19. The Morgan fingerprint density at radius 2 is 2.10 bits per heavy atom. The van der Waals surface area contributed by atoms with E-state index in [1.165, 1.54) is 13.2 Å². The zero-order chi connectivity index (χ0) is 14.0. The van der Waals surface area contributed by atoms with Crippen LogP contribution in [0, 0.1) is 5.92 Å². The summed E-state index contributed by atoms with van der Waals surface area (Å²) in [6, 6.07) is 4.56. The number of nitrogens with one attached hydrogen (secondary N) is 1. The van der Waals surface area contributed by atoms with Gasteiger partial charge in [0.25, 0.3) is 0 Å². The molecule has 0 bridgehead atoms. The van der Waals surface area contributed by atoms with E-state index in [-0.39, 0.29) is 23.3 Å². The quantitative estimate of drug-likeness (QED) is 0.783. The van der Waals surface area contributed by atoms with E-state index in [0.717, 1.165) is 12.8 Å². The van der Waals surface area contributed by atoms with Gasteiger partial charge in [0.1, 0.15) is 5.75 Å². The van der Waals surface area contributed by atoms with Gasteiger partial charge in [-0.05, 0) is 30.9 Å². The summed E-state index contributed by atoms with van der Waals surface area (Å²) in [7, 11) is -2.07. The van der Waals surface area contributed by atoms with E-state index in [4.69, 9.17) is 10.5 Å². The van der Waals surface area contributed by atoms with Crippen LogP contribution in [-0.2, 0) is 10.0 Å². The highest BCUT2D eigenvalue weighted by Crippen LogP contribution is 2.33. The van der Waals surface area contributed by atoms with Crippen LogP contribution in [0.3, 0.4) is 0 Å². The molecule has 0 saturated heterocycles. The van der Waals surface area contributed by atoms with Crippen molar-refractivity contribution in [3.63, 3.8) is 0 Å². The Bertz CT molecular complexity index is 564. The molecule has 0 heterocycles. The molecule has 0 spiro atoms.